The van der Waals surface area contributed by atoms with Crippen LogP contribution in [0.4, 0.5) is 5.69 Å². The summed E-state index contributed by atoms with van der Waals surface area (Å²) in [5.41, 5.74) is 2.61. The summed E-state index contributed by atoms with van der Waals surface area (Å²) < 4.78 is 25.5. The van der Waals surface area contributed by atoms with E-state index >= 15 is 0 Å². The molecule has 1 aromatic rings. The van der Waals surface area contributed by atoms with E-state index in [1.165, 1.54) is 17.1 Å². The Morgan fingerprint density at radius 3 is 2.48 bits per heavy atom. The number of nitrogens with one attached hydrogen (secondary N) is 1. The summed E-state index contributed by atoms with van der Waals surface area (Å²) >= 11 is 0. The molecule has 0 saturated carbocycles. The molecule has 7 heteroatoms. The zero-order valence-corrected chi connectivity index (χ0v) is 17.8. The Morgan fingerprint density at radius 1 is 1.22 bits per heavy atom. The topological polar surface area (TPSA) is 69.7 Å². The van der Waals surface area contributed by atoms with Gasteiger partial charge in [-0.15, -0.1) is 0 Å². The van der Waals surface area contributed by atoms with Crippen molar-refractivity contribution in [2.24, 2.45) is 5.92 Å². The number of hydrogen-bond acceptors (Lipinski definition) is 4. The zero-order chi connectivity index (χ0) is 20.0. The molecule has 2 rings (SSSR count). The van der Waals surface area contributed by atoms with Crippen LogP contribution in [0.2, 0.25) is 0 Å². The van der Waals surface area contributed by atoms with E-state index in [0.29, 0.717) is 12.2 Å². The number of carbonyl (C=O) groups is 1. The lowest BCUT2D eigenvalue weighted by atomic mass is 9.99. The van der Waals surface area contributed by atoms with E-state index in [-0.39, 0.29) is 12.5 Å². The van der Waals surface area contributed by atoms with Gasteiger partial charge in [0.15, 0.2) is 0 Å². The number of sulfonamides is 1. The summed E-state index contributed by atoms with van der Waals surface area (Å²) in [6.07, 6.45) is 4.49. The van der Waals surface area contributed by atoms with E-state index in [2.05, 4.69) is 17.1 Å². The fraction of sp³-hybridized carbons (Fsp3) is 0.650. The van der Waals surface area contributed by atoms with Crippen LogP contribution in [0.15, 0.2) is 18.2 Å². The Balaban J connectivity index is 1.84. The van der Waals surface area contributed by atoms with E-state index in [4.69, 9.17) is 0 Å². The van der Waals surface area contributed by atoms with Gasteiger partial charge in [0.05, 0.1) is 11.9 Å². The second-order valence-corrected chi connectivity index (χ2v) is 9.67. The molecule has 0 aromatic heterocycles. The fourth-order valence-corrected chi connectivity index (χ4v) is 4.13. The Bertz CT molecular complexity index is 741. The minimum Gasteiger partial charge on any atom is -0.354 e. The highest BCUT2D eigenvalue weighted by molar-refractivity contribution is 7.92. The third-order valence-electron chi connectivity index (χ3n) is 5.32. The molecule has 0 aliphatic carbocycles. The number of amides is 1. The van der Waals surface area contributed by atoms with Crippen LogP contribution in [0.5, 0.6) is 0 Å². The maximum atomic E-state index is 12.3. The number of piperidine rings is 1. The van der Waals surface area contributed by atoms with Crippen molar-refractivity contribution >= 4 is 21.6 Å². The maximum Gasteiger partial charge on any atom is 0.240 e. The van der Waals surface area contributed by atoms with Crippen molar-refractivity contribution in [3.63, 3.8) is 0 Å². The number of rotatable bonds is 8. The molecule has 0 spiro atoms. The fourth-order valence-electron chi connectivity index (χ4n) is 3.28. The second-order valence-electron chi connectivity index (χ2n) is 7.77. The molecule has 1 N–H and O–H groups in total. The van der Waals surface area contributed by atoms with Crippen molar-refractivity contribution in [1.29, 1.82) is 0 Å². The molecule has 6 nitrogen and oxygen atoms in total. The maximum absolute atomic E-state index is 12.3. The molecule has 0 atom stereocenters. The van der Waals surface area contributed by atoms with E-state index in [1.54, 1.807) is 12.1 Å². The largest absolute Gasteiger partial charge is 0.354 e. The molecule has 1 fully saturated rings. The monoisotopic (exact) mass is 395 g/mol. The molecule has 1 saturated heterocycles. The summed E-state index contributed by atoms with van der Waals surface area (Å²) in [6.45, 7) is 9.80. The van der Waals surface area contributed by atoms with E-state index < -0.39 is 10.0 Å². The van der Waals surface area contributed by atoms with E-state index in [9.17, 15) is 13.2 Å². The third kappa shape index (κ3) is 6.81. The first kappa shape index (κ1) is 21.7. The van der Waals surface area contributed by atoms with Crippen molar-refractivity contribution in [1.82, 2.24) is 10.2 Å². The Morgan fingerprint density at radius 2 is 1.89 bits per heavy atom. The van der Waals surface area contributed by atoms with Crippen LogP contribution < -0.4 is 9.62 Å². The van der Waals surface area contributed by atoms with Gasteiger partial charge in [-0.2, -0.15) is 0 Å². The van der Waals surface area contributed by atoms with Crippen LogP contribution >= 0.6 is 0 Å². The minimum absolute atomic E-state index is 0.192. The number of likely N-dealkylation sites (tertiary alicyclic amines) is 1. The molecule has 1 aliphatic heterocycles. The van der Waals surface area contributed by atoms with Gasteiger partial charge < -0.3 is 10.2 Å². The zero-order valence-electron chi connectivity index (χ0n) is 17.0. The number of nitrogens with zero attached hydrogens (tertiary/aromatic N) is 2. The van der Waals surface area contributed by atoms with Crippen LogP contribution in [-0.2, 0) is 14.8 Å². The molecule has 0 bridgehead atoms. The van der Waals surface area contributed by atoms with Crippen molar-refractivity contribution in [3.8, 4) is 0 Å². The van der Waals surface area contributed by atoms with Gasteiger partial charge in [0, 0.05) is 6.54 Å². The molecule has 0 unspecified atom stereocenters. The number of carbonyl (C=O) groups excluding carboxylic acids is 1. The molecular weight excluding hydrogens is 362 g/mol. The summed E-state index contributed by atoms with van der Waals surface area (Å²) in [7, 11) is -3.53. The highest BCUT2D eigenvalue weighted by Crippen LogP contribution is 2.21. The molecule has 0 radical (unpaired) electrons. The molecule has 1 amide bonds. The van der Waals surface area contributed by atoms with Gasteiger partial charge in [0.2, 0.25) is 15.9 Å². The van der Waals surface area contributed by atoms with Gasteiger partial charge in [0.25, 0.3) is 0 Å². The second kappa shape index (κ2) is 9.55. The quantitative estimate of drug-likeness (QED) is 0.686. The molecule has 1 aliphatic rings. The first-order valence-corrected chi connectivity index (χ1v) is 11.6. The normalized spacial score (nSPS) is 16.3. The highest BCUT2D eigenvalue weighted by Gasteiger charge is 2.21. The summed E-state index contributed by atoms with van der Waals surface area (Å²) in [5, 5.41) is 2.86. The first-order chi connectivity index (χ1) is 12.7. The Hall–Kier alpha value is -1.60. The summed E-state index contributed by atoms with van der Waals surface area (Å²) in [4.78, 5) is 14.7. The van der Waals surface area contributed by atoms with Crippen LogP contribution in [0.1, 0.15) is 37.3 Å². The number of benzene rings is 1. The van der Waals surface area contributed by atoms with Gasteiger partial charge in [-0.25, -0.2) is 8.42 Å². The van der Waals surface area contributed by atoms with Crippen molar-refractivity contribution in [2.75, 3.05) is 43.3 Å². The van der Waals surface area contributed by atoms with Crippen molar-refractivity contribution in [2.45, 2.75) is 40.0 Å². The minimum atomic E-state index is -3.53. The lowest BCUT2D eigenvalue weighted by Gasteiger charge is -2.30. The predicted molar refractivity (Wildman–Crippen MR) is 111 cm³/mol. The van der Waals surface area contributed by atoms with Crippen LogP contribution in [0.25, 0.3) is 0 Å². The molecule has 152 valence electrons. The van der Waals surface area contributed by atoms with E-state index in [0.717, 1.165) is 49.4 Å². The van der Waals surface area contributed by atoms with Crippen molar-refractivity contribution in [3.05, 3.63) is 29.3 Å². The Kier molecular flexibility index (Phi) is 7.68. The van der Waals surface area contributed by atoms with Crippen LogP contribution in [0, 0.1) is 19.8 Å². The van der Waals surface area contributed by atoms with Gasteiger partial charge in [-0.3, -0.25) is 9.10 Å². The molecular formula is C20H33N3O3S. The average molecular weight is 396 g/mol. The average Bonchev–Trinajstić information content (AvgIpc) is 2.60. The SMILES string of the molecule is Cc1ccc(N(CC(=O)NCCCN2CCC(C)CC2)S(C)(=O)=O)cc1C. The predicted octanol–water partition coefficient (Wildman–Crippen LogP) is 2.31. The molecule has 1 heterocycles. The molecule has 27 heavy (non-hydrogen) atoms. The van der Waals surface area contributed by atoms with Gasteiger partial charge in [-0.05, 0) is 81.9 Å². The number of aryl methyl sites for hydroxylation is 2. The lowest BCUT2D eigenvalue weighted by Crippen LogP contribution is -2.41. The lowest BCUT2D eigenvalue weighted by molar-refractivity contribution is -0.119. The van der Waals surface area contributed by atoms with Crippen LogP contribution in [0.3, 0.4) is 0 Å². The van der Waals surface area contributed by atoms with Crippen LogP contribution in [-0.4, -0.2) is 58.2 Å². The molecule has 1 aromatic carbocycles. The van der Waals surface area contributed by atoms with Gasteiger partial charge in [-0.1, -0.05) is 13.0 Å². The van der Waals surface area contributed by atoms with Gasteiger partial charge >= 0.3 is 0 Å². The third-order valence-corrected chi connectivity index (χ3v) is 6.46. The number of hydrogen-bond donors (Lipinski definition) is 1. The van der Waals surface area contributed by atoms with Gasteiger partial charge in [0.1, 0.15) is 6.54 Å². The first-order valence-electron chi connectivity index (χ1n) is 9.71. The summed E-state index contributed by atoms with van der Waals surface area (Å²) in [6, 6.07) is 5.43. The Labute approximate surface area is 164 Å². The standard InChI is InChI=1S/C20H33N3O3S/c1-16-8-12-22(13-9-16)11-5-10-21-20(24)15-23(27(4,25)26)19-7-6-17(2)18(3)14-19/h6-7,14,16H,5,8-13,15H2,1-4H3,(H,21,24). The highest BCUT2D eigenvalue weighted by atomic mass is 32.2. The van der Waals surface area contributed by atoms with Crippen molar-refractivity contribution < 1.29 is 13.2 Å². The van der Waals surface area contributed by atoms with E-state index in [1.807, 2.05) is 19.9 Å². The summed E-state index contributed by atoms with van der Waals surface area (Å²) in [5.74, 6) is 0.541. The smallest absolute Gasteiger partial charge is 0.240 e. The number of anilines is 1.